The van der Waals surface area contributed by atoms with Gasteiger partial charge >= 0.3 is 7.82 Å². The number of phosphoric acid groups is 1. The SMILES string of the molecule is CCCCC=C(CCCC)OOOOOc1ccccc1.O=P(O)(O)O. The predicted molar refractivity (Wildman–Crippen MR) is 92.8 cm³/mol. The lowest BCUT2D eigenvalue weighted by Crippen LogP contribution is -2.02. The van der Waals surface area contributed by atoms with Gasteiger partial charge in [0, 0.05) is 21.5 Å². The maximum absolute atomic E-state index is 8.88. The second-order valence-electron chi connectivity index (χ2n) is 5.11. The molecule has 0 bridgehead atoms. The smallest absolute Gasteiger partial charge is 0.311 e. The molecule has 0 radical (unpaired) electrons. The summed E-state index contributed by atoms with van der Waals surface area (Å²) < 4.78 is 8.88. The lowest BCUT2D eigenvalue weighted by atomic mass is 10.2. The van der Waals surface area contributed by atoms with Gasteiger partial charge in [-0.25, -0.2) is 4.57 Å². The number of rotatable bonds is 12. The van der Waals surface area contributed by atoms with Crippen molar-refractivity contribution in [3.63, 3.8) is 0 Å². The van der Waals surface area contributed by atoms with Crippen LogP contribution in [-0.2, 0) is 24.6 Å². The van der Waals surface area contributed by atoms with E-state index in [2.05, 4.69) is 29.0 Å². The molecule has 1 aromatic rings. The van der Waals surface area contributed by atoms with Crippen molar-refractivity contribution >= 4 is 7.82 Å². The molecule has 1 aromatic carbocycles. The summed E-state index contributed by atoms with van der Waals surface area (Å²) in [6, 6.07) is 8.95. The van der Waals surface area contributed by atoms with E-state index in [1.165, 1.54) is 0 Å². The Labute approximate surface area is 153 Å². The van der Waals surface area contributed by atoms with Gasteiger partial charge in [-0.05, 0) is 37.5 Å². The zero-order valence-electron chi connectivity index (χ0n) is 14.9. The standard InChI is InChI=1S/C16H24O5.H3O4P/c1-3-5-8-12-15(11-6-4-2)17-19-21-20-18-16-13-9-7-10-14-16;1-5(2,3)4/h7,9-10,12-14H,3-6,8,11H2,1-2H3;(H3,1,2,3,4). The van der Waals surface area contributed by atoms with Crippen LogP contribution in [0.5, 0.6) is 5.75 Å². The first kappa shape index (κ1) is 24.6. The van der Waals surface area contributed by atoms with Crippen LogP contribution in [0.4, 0.5) is 0 Å². The number of hydrogen-bond donors (Lipinski definition) is 3. The highest BCUT2D eigenvalue weighted by atomic mass is 31.2. The lowest BCUT2D eigenvalue weighted by Gasteiger charge is -2.06. The van der Waals surface area contributed by atoms with E-state index in [9.17, 15) is 0 Å². The van der Waals surface area contributed by atoms with Crippen molar-refractivity contribution in [3.8, 4) is 5.75 Å². The molecule has 9 nitrogen and oxygen atoms in total. The zero-order valence-corrected chi connectivity index (χ0v) is 15.8. The van der Waals surface area contributed by atoms with Crippen molar-refractivity contribution < 1.29 is 44.1 Å². The maximum atomic E-state index is 8.88. The van der Waals surface area contributed by atoms with E-state index in [1.807, 2.05) is 24.3 Å². The van der Waals surface area contributed by atoms with E-state index >= 15 is 0 Å². The van der Waals surface area contributed by atoms with Gasteiger partial charge in [0.2, 0.25) is 0 Å². The van der Waals surface area contributed by atoms with Crippen molar-refractivity contribution in [3.05, 3.63) is 42.2 Å². The molecule has 0 aromatic heterocycles. The van der Waals surface area contributed by atoms with Gasteiger partial charge in [0.15, 0.2) is 5.75 Å². The Morgan fingerprint density at radius 1 is 1.00 bits per heavy atom. The van der Waals surface area contributed by atoms with Gasteiger partial charge in [-0.15, -0.1) is 0 Å². The predicted octanol–water partition coefficient (Wildman–Crippen LogP) is 4.13. The first-order valence-electron chi connectivity index (χ1n) is 8.23. The van der Waals surface area contributed by atoms with Crippen LogP contribution in [0.2, 0.25) is 0 Å². The molecule has 0 amide bonds. The summed E-state index contributed by atoms with van der Waals surface area (Å²) in [4.78, 5) is 31.4. The molecule has 3 N–H and O–H groups in total. The molecule has 0 aliphatic heterocycles. The Morgan fingerprint density at radius 3 is 2.19 bits per heavy atom. The molecule has 150 valence electrons. The Kier molecular flexibility index (Phi) is 14.9. The van der Waals surface area contributed by atoms with Crippen LogP contribution in [0.25, 0.3) is 0 Å². The van der Waals surface area contributed by atoms with Gasteiger partial charge in [-0.3, -0.25) is 0 Å². The van der Waals surface area contributed by atoms with Crippen LogP contribution in [0.3, 0.4) is 0 Å². The second-order valence-corrected chi connectivity index (χ2v) is 6.14. The lowest BCUT2D eigenvalue weighted by molar-refractivity contribution is -0.685. The molecular formula is C16H27O9P. The summed E-state index contributed by atoms with van der Waals surface area (Å²) in [7, 11) is -4.64. The number of benzene rings is 1. The van der Waals surface area contributed by atoms with E-state index in [-0.39, 0.29) is 0 Å². The van der Waals surface area contributed by atoms with Crippen LogP contribution in [-0.4, -0.2) is 14.7 Å². The monoisotopic (exact) mass is 394 g/mol. The van der Waals surface area contributed by atoms with Crippen molar-refractivity contribution in [2.45, 2.75) is 52.4 Å². The fraction of sp³-hybridized carbons (Fsp3) is 0.500. The van der Waals surface area contributed by atoms with Crippen molar-refractivity contribution in [2.24, 2.45) is 0 Å². The molecule has 0 aliphatic carbocycles. The highest BCUT2D eigenvalue weighted by Crippen LogP contribution is 2.25. The molecule has 0 heterocycles. The number of allylic oxidation sites excluding steroid dienone is 2. The topological polar surface area (TPSA) is 124 Å². The summed E-state index contributed by atoms with van der Waals surface area (Å²) in [5.41, 5.74) is 0. The zero-order chi connectivity index (χ0) is 19.7. The fourth-order valence-corrected chi connectivity index (χ4v) is 1.59. The van der Waals surface area contributed by atoms with Crippen LogP contribution < -0.4 is 4.89 Å². The second kappa shape index (κ2) is 15.8. The molecule has 0 fully saturated rings. The average Bonchev–Trinajstić information content (AvgIpc) is 2.58. The van der Waals surface area contributed by atoms with Crippen LogP contribution in [0, 0.1) is 0 Å². The molecule has 10 heteroatoms. The van der Waals surface area contributed by atoms with Gasteiger partial charge in [-0.2, -0.15) is 0 Å². The largest absolute Gasteiger partial charge is 0.466 e. The van der Waals surface area contributed by atoms with E-state index in [0.717, 1.165) is 44.3 Å². The third kappa shape index (κ3) is 18.9. The van der Waals surface area contributed by atoms with Crippen LogP contribution >= 0.6 is 7.82 Å². The minimum Gasteiger partial charge on any atom is -0.311 e. The molecular weight excluding hydrogens is 367 g/mol. The molecule has 0 saturated heterocycles. The molecule has 0 atom stereocenters. The van der Waals surface area contributed by atoms with Gasteiger partial charge in [0.1, 0.15) is 5.76 Å². The summed E-state index contributed by atoms with van der Waals surface area (Å²) in [5.74, 6) is 1.25. The quantitative estimate of drug-likeness (QED) is 0.158. The van der Waals surface area contributed by atoms with E-state index in [1.54, 1.807) is 12.1 Å². The molecule has 0 spiro atoms. The fourth-order valence-electron chi connectivity index (χ4n) is 1.59. The highest BCUT2D eigenvalue weighted by Gasteiger charge is 2.02. The Hall–Kier alpha value is -1.45. The summed E-state index contributed by atoms with van der Waals surface area (Å²) in [6.45, 7) is 4.27. The average molecular weight is 394 g/mol. The van der Waals surface area contributed by atoms with E-state index in [4.69, 9.17) is 29.0 Å². The molecule has 0 saturated carbocycles. The molecule has 0 aliphatic rings. The summed E-state index contributed by atoms with van der Waals surface area (Å²) >= 11 is 0. The minimum absolute atomic E-state index is 0.505. The number of unbranched alkanes of at least 4 members (excludes halogenated alkanes) is 3. The third-order valence-electron chi connectivity index (χ3n) is 2.78. The minimum atomic E-state index is -4.64. The van der Waals surface area contributed by atoms with E-state index < -0.39 is 7.82 Å². The van der Waals surface area contributed by atoms with Gasteiger partial charge < -0.3 is 24.5 Å². The maximum Gasteiger partial charge on any atom is 0.466 e. The highest BCUT2D eigenvalue weighted by molar-refractivity contribution is 7.45. The van der Waals surface area contributed by atoms with Gasteiger partial charge in [-0.1, -0.05) is 44.9 Å². The Bertz CT molecular complexity index is 507. The van der Waals surface area contributed by atoms with Crippen molar-refractivity contribution in [2.75, 3.05) is 0 Å². The number of para-hydroxylation sites is 1. The summed E-state index contributed by atoms with van der Waals surface area (Å²) in [5, 5.41) is 13.3. The first-order chi connectivity index (χ1) is 12.4. The molecule has 0 unspecified atom stereocenters. The molecule has 1 rings (SSSR count). The van der Waals surface area contributed by atoms with Gasteiger partial charge in [0.05, 0.1) is 0 Å². The summed E-state index contributed by atoms with van der Waals surface area (Å²) in [6.07, 6.45) is 8.16. The molecule has 26 heavy (non-hydrogen) atoms. The van der Waals surface area contributed by atoms with Crippen molar-refractivity contribution in [1.29, 1.82) is 0 Å². The van der Waals surface area contributed by atoms with E-state index in [0.29, 0.717) is 5.75 Å². The first-order valence-corrected chi connectivity index (χ1v) is 9.80. The Morgan fingerprint density at radius 2 is 1.62 bits per heavy atom. The third-order valence-corrected chi connectivity index (χ3v) is 2.78. The van der Waals surface area contributed by atoms with Crippen molar-refractivity contribution in [1.82, 2.24) is 0 Å². The van der Waals surface area contributed by atoms with Crippen LogP contribution in [0.1, 0.15) is 52.4 Å². The Balaban J connectivity index is 0.00000110. The normalized spacial score (nSPS) is 11.5. The number of hydrogen-bond acceptors (Lipinski definition) is 6. The van der Waals surface area contributed by atoms with Crippen LogP contribution in [0.15, 0.2) is 42.2 Å². The van der Waals surface area contributed by atoms with Gasteiger partial charge in [0.25, 0.3) is 0 Å².